The number of carbonyl (C=O) groups excluding carboxylic acids is 1. The van der Waals surface area contributed by atoms with E-state index in [1.807, 2.05) is 0 Å². The summed E-state index contributed by atoms with van der Waals surface area (Å²) in [6, 6.07) is 9.45. The standard InChI is InChI=1S/C19H18F3NO/c20-15-4-1-3-14(11-15)19(6-2-7-19)18(24)23-8-5-13-9-16(21)12-17(22)10-13/h1,3-4,9-12H,2,5-8H2,(H,23,24). The average molecular weight is 333 g/mol. The Morgan fingerprint density at radius 1 is 1.00 bits per heavy atom. The molecule has 126 valence electrons. The fourth-order valence-electron chi connectivity index (χ4n) is 3.21. The van der Waals surface area contributed by atoms with E-state index in [2.05, 4.69) is 5.32 Å². The van der Waals surface area contributed by atoms with Crippen molar-refractivity contribution in [3.8, 4) is 0 Å². The Bertz CT molecular complexity index is 736. The summed E-state index contributed by atoms with van der Waals surface area (Å²) >= 11 is 0. The van der Waals surface area contributed by atoms with Crippen molar-refractivity contribution in [3.05, 3.63) is 71.0 Å². The lowest BCUT2D eigenvalue weighted by Gasteiger charge is -2.40. The molecule has 0 heterocycles. The van der Waals surface area contributed by atoms with Gasteiger partial charge in [0.25, 0.3) is 0 Å². The summed E-state index contributed by atoms with van der Waals surface area (Å²) < 4.78 is 39.8. The Labute approximate surface area is 138 Å². The lowest BCUT2D eigenvalue weighted by Crippen LogP contribution is -2.49. The van der Waals surface area contributed by atoms with Gasteiger partial charge in [-0.1, -0.05) is 18.6 Å². The van der Waals surface area contributed by atoms with Gasteiger partial charge in [-0.05, 0) is 54.7 Å². The quantitative estimate of drug-likeness (QED) is 0.884. The van der Waals surface area contributed by atoms with E-state index in [9.17, 15) is 18.0 Å². The smallest absolute Gasteiger partial charge is 0.230 e. The third-order valence-corrected chi connectivity index (χ3v) is 4.64. The van der Waals surface area contributed by atoms with Crippen molar-refractivity contribution in [1.29, 1.82) is 0 Å². The lowest BCUT2D eigenvalue weighted by atomic mass is 9.64. The minimum Gasteiger partial charge on any atom is -0.355 e. The van der Waals surface area contributed by atoms with Crippen molar-refractivity contribution >= 4 is 5.91 Å². The van der Waals surface area contributed by atoms with Crippen LogP contribution in [0, 0.1) is 17.5 Å². The summed E-state index contributed by atoms with van der Waals surface area (Å²) in [6.07, 6.45) is 2.60. The fraction of sp³-hybridized carbons (Fsp3) is 0.316. The van der Waals surface area contributed by atoms with Crippen LogP contribution in [-0.4, -0.2) is 12.5 Å². The number of amides is 1. The topological polar surface area (TPSA) is 29.1 Å². The molecule has 2 nitrogen and oxygen atoms in total. The molecule has 0 spiro atoms. The van der Waals surface area contributed by atoms with E-state index >= 15 is 0 Å². The minimum atomic E-state index is -0.685. The molecular formula is C19H18F3NO. The molecule has 0 bridgehead atoms. The number of carbonyl (C=O) groups is 1. The van der Waals surface area contributed by atoms with E-state index in [0.717, 1.165) is 12.5 Å². The summed E-state index contributed by atoms with van der Waals surface area (Å²) in [6.45, 7) is 0.277. The van der Waals surface area contributed by atoms with Gasteiger partial charge in [0.15, 0.2) is 0 Å². The van der Waals surface area contributed by atoms with Crippen LogP contribution >= 0.6 is 0 Å². The molecule has 24 heavy (non-hydrogen) atoms. The second kappa shape index (κ2) is 6.67. The van der Waals surface area contributed by atoms with Gasteiger partial charge in [-0.3, -0.25) is 4.79 Å². The number of hydrogen-bond acceptors (Lipinski definition) is 1. The van der Waals surface area contributed by atoms with Crippen molar-refractivity contribution in [3.63, 3.8) is 0 Å². The molecule has 1 saturated carbocycles. The molecule has 1 aliphatic rings. The highest BCUT2D eigenvalue weighted by Gasteiger charge is 2.45. The van der Waals surface area contributed by atoms with E-state index in [-0.39, 0.29) is 18.3 Å². The molecular weight excluding hydrogens is 315 g/mol. The predicted octanol–water partition coefficient (Wildman–Crippen LogP) is 3.88. The van der Waals surface area contributed by atoms with E-state index in [1.54, 1.807) is 12.1 Å². The van der Waals surface area contributed by atoms with Gasteiger partial charge >= 0.3 is 0 Å². The monoisotopic (exact) mass is 333 g/mol. The summed E-state index contributed by atoms with van der Waals surface area (Å²) in [7, 11) is 0. The number of rotatable bonds is 5. The number of benzene rings is 2. The van der Waals surface area contributed by atoms with E-state index < -0.39 is 17.0 Å². The molecule has 0 saturated heterocycles. The average Bonchev–Trinajstić information content (AvgIpc) is 2.45. The SMILES string of the molecule is O=C(NCCc1cc(F)cc(F)c1)C1(c2cccc(F)c2)CCC1. The molecule has 0 aromatic heterocycles. The van der Waals surface area contributed by atoms with Gasteiger partial charge in [0.05, 0.1) is 5.41 Å². The highest BCUT2D eigenvalue weighted by Crippen LogP contribution is 2.44. The third kappa shape index (κ3) is 3.30. The van der Waals surface area contributed by atoms with Gasteiger partial charge in [0, 0.05) is 12.6 Å². The van der Waals surface area contributed by atoms with E-state index in [0.29, 0.717) is 30.4 Å². The number of nitrogens with one attached hydrogen (secondary N) is 1. The third-order valence-electron chi connectivity index (χ3n) is 4.64. The molecule has 2 aromatic rings. The largest absolute Gasteiger partial charge is 0.355 e. The van der Waals surface area contributed by atoms with Gasteiger partial charge in [-0.15, -0.1) is 0 Å². The minimum absolute atomic E-state index is 0.156. The second-order valence-electron chi connectivity index (χ2n) is 6.23. The Kier molecular flexibility index (Phi) is 4.60. The first-order valence-corrected chi connectivity index (χ1v) is 7.99. The first-order chi connectivity index (χ1) is 11.5. The van der Waals surface area contributed by atoms with Gasteiger partial charge in [0.1, 0.15) is 17.5 Å². The molecule has 0 aliphatic heterocycles. The van der Waals surface area contributed by atoms with Crippen LogP contribution in [0.15, 0.2) is 42.5 Å². The normalized spacial score (nSPS) is 15.6. The molecule has 0 unspecified atom stereocenters. The van der Waals surface area contributed by atoms with Crippen LogP contribution in [0.1, 0.15) is 30.4 Å². The van der Waals surface area contributed by atoms with Crippen LogP contribution < -0.4 is 5.32 Å². The van der Waals surface area contributed by atoms with Crippen molar-refractivity contribution in [1.82, 2.24) is 5.32 Å². The van der Waals surface area contributed by atoms with Crippen LogP contribution in [0.3, 0.4) is 0 Å². The molecule has 1 N–H and O–H groups in total. The van der Waals surface area contributed by atoms with Crippen LogP contribution in [-0.2, 0) is 16.6 Å². The predicted molar refractivity (Wildman–Crippen MR) is 85.0 cm³/mol. The molecule has 1 fully saturated rings. The highest BCUT2D eigenvalue weighted by molar-refractivity contribution is 5.89. The fourth-order valence-corrected chi connectivity index (χ4v) is 3.21. The molecule has 1 aliphatic carbocycles. The molecule has 5 heteroatoms. The van der Waals surface area contributed by atoms with Crippen molar-refractivity contribution in [2.45, 2.75) is 31.1 Å². The Morgan fingerprint density at radius 3 is 2.29 bits per heavy atom. The molecule has 1 amide bonds. The lowest BCUT2D eigenvalue weighted by molar-refractivity contribution is -0.129. The van der Waals surface area contributed by atoms with Crippen LogP contribution in [0.25, 0.3) is 0 Å². The maximum atomic E-state index is 13.5. The van der Waals surface area contributed by atoms with Gasteiger partial charge in [-0.2, -0.15) is 0 Å². The van der Waals surface area contributed by atoms with Crippen molar-refractivity contribution < 1.29 is 18.0 Å². The zero-order valence-corrected chi connectivity index (χ0v) is 13.1. The van der Waals surface area contributed by atoms with Crippen molar-refractivity contribution in [2.75, 3.05) is 6.54 Å². The molecule has 2 aromatic carbocycles. The maximum Gasteiger partial charge on any atom is 0.230 e. The van der Waals surface area contributed by atoms with Crippen LogP contribution in [0.4, 0.5) is 13.2 Å². The zero-order valence-electron chi connectivity index (χ0n) is 13.1. The first-order valence-electron chi connectivity index (χ1n) is 7.99. The summed E-state index contributed by atoms with van der Waals surface area (Å²) in [5, 5.41) is 2.82. The van der Waals surface area contributed by atoms with E-state index in [1.165, 1.54) is 24.3 Å². The molecule has 0 atom stereocenters. The summed E-state index contributed by atoms with van der Waals surface area (Å²) in [4.78, 5) is 12.6. The number of halogens is 3. The van der Waals surface area contributed by atoms with Gasteiger partial charge in [0.2, 0.25) is 5.91 Å². The Balaban J connectivity index is 1.65. The Morgan fingerprint density at radius 2 is 1.71 bits per heavy atom. The maximum absolute atomic E-state index is 13.5. The Hall–Kier alpha value is -2.30. The summed E-state index contributed by atoms with van der Waals surface area (Å²) in [5.74, 6) is -1.78. The van der Waals surface area contributed by atoms with Gasteiger partial charge in [-0.25, -0.2) is 13.2 Å². The highest BCUT2D eigenvalue weighted by atomic mass is 19.1. The zero-order chi connectivity index (χ0) is 17.2. The molecule has 3 rings (SSSR count). The molecule has 0 radical (unpaired) electrons. The summed E-state index contributed by atoms with van der Waals surface area (Å²) in [5.41, 5.74) is 0.485. The first kappa shape index (κ1) is 16.6. The van der Waals surface area contributed by atoms with Crippen molar-refractivity contribution in [2.24, 2.45) is 0 Å². The number of hydrogen-bond donors (Lipinski definition) is 1. The van der Waals surface area contributed by atoms with E-state index in [4.69, 9.17) is 0 Å². The van der Waals surface area contributed by atoms with Crippen LogP contribution in [0.5, 0.6) is 0 Å². The van der Waals surface area contributed by atoms with Gasteiger partial charge < -0.3 is 5.32 Å². The van der Waals surface area contributed by atoms with Crippen LogP contribution in [0.2, 0.25) is 0 Å². The second-order valence-corrected chi connectivity index (χ2v) is 6.23.